The van der Waals surface area contributed by atoms with Crippen LogP contribution in [0.25, 0.3) is 11.3 Å². The second kappa shape index (κ2) is 12.3. The van der Waals surface area contributed by atoms with Gasteiger partial charge in [0.05, 0.1) is 23.1 Å². The lowest BCUT2D eigenvalue weighted by Crippen LogP contribution is -2.39. The summed E-state index contributed by atoms with van der Waals surface area (Å²) in [5.41, 5.74) is 6.38. The van der Waals surface area contributed by atoms with Gasteiger partial charge in [-0.15, -0.1) is 11.3 Å². The molecule has 1 aromatic heterocycles. The number of hydrogen-bond acceptors (Lipinski definition) is 8. The van der Waals surface area contributed by atoms with Gasteiger partial charge in [-0.3, -0.25) is 9.69 Å². The molecule has 2 aromatic carbocycles. The molecular weight excluding hydrogens is 546 g/mol. The highest BCUT2D eigenvalue weighted by molar-refractivity contribution is 7.91. The molecule has 214 valence electrons. The number of carboxylic acids is 1. The maximum absolute atomic E-state index is 11.7. The zero-order valence-electron chi connectivity index (χ0n) is 23.1. The lowest BCUT2D eigenvalue weighted by atomic mass is 10.0. The van der Waals surface area contributed by atoms with E-state index in [0.29, 0.717) is 39.1 Å². The van der Waals surface area contributed by atoms with Crippen LogP contribution in [0.2, 0.25) is 0 Å². The number of thiazole rings is 1. The fourth-order valence-electron chi connectivity index (χ4n) is 5.38. The van der Waals surface area contributed by atoms with Gasteiger partial charge in [0, 0.05) is 43.7 Å². The highest BCUT2D eigenvalue weighted by Crippen LogP contribution is 2.36. The van der Waals surface area contributed by atoms with Crippen LogP contribution in [0.15, 0.2) is 41.8 Å². The van der Waals surface area contributed by atoms with Crippen molar-refractivity contribution >= 4 is 32.3 Å². The Balaban J connectivity index is 1.25. The van der Waals surface area contributed by atoms with Crippen molar-refractivity contribution in [1.29, 1.82) is 0 Å². The Morgan fingerprint density at radius 1 is 1.07 bits per heavy atom. The van der Waals surface area contributed by atoms with Crippen molar-refractivity contribution in [3.8, 4) is 17.0 Å². The number of hydrogen-bond donors (Lipinski definition) is 1. The quantitative estimate of drug-likeness (QED) is 0.399. The summed E-state index contributed by atoms with van der Waals surface area (Å²) >= 11 is 1.59. The van der Waals surface area contributed by atoms with Crippen LogP contribution in [0.1, 0.15) is 41.5 Å². The van der Waals surface area contributed by atoms with Gasteiger partial charge < -0.3 is 14.7 Å². The molecule has 1 N–H and O–H groups in total. The van der Waals surface area contributed by atoms with Crippen molar-refractivity contribution in [3.05, 3.63) is 64.0 Å². The van der Waals surface area contributed by atoms with Crippen molar-refractivity contribution in [2.75, 3.05) is 42.6 Å². The van der Waals surface area contributed by atoms with E-state index in [9.17, 15) is 18.3 Å². The maximum atomic E-state index is 11.7. The first kappa shape index (κ1) is 28.6. The van der Waals surface area contributed by atoms with E-state index >= 15 is 0 Å². The van der Waals surface area contributed by atoms with E-state index in [4.69, 9.17) is 9.72 Å². The summed E-state index contributed by atoms with van der Waals surface area (Å²) in [7, 11) is -2.88. The minimum absolute atomic E-state index is 0.237. The van der Waals surface area contributed by atoms with Crippen LogP contribution in [0.5, 0.6) is 5.75 Å². The van der Waals surface area contributed by atoms with Crippen LogP contribution >= 0.6 is 11.3 Å². The van der Waals surface area contributed by atoms with E-state index in [1.807, 2.05) is 12.1 Å². The van der Waals surface area contributed by atoms with Crippen molar-refractivity contribution < 1.29 is 23.1 Å². The number of carboxylic acid groups (broad SMARTS) is 1. The molecule has 1 atom stereocenters. The summed E-state index contributed by atoms with van der Waals surface area (Å²) < 4.78 is 29.8. The molecule has 0 saturated carbocycles. The Kier molecular flexibility index (Phi) is 8.77. The second-order valence-electron chi connectivity index (χ2n) is 10.9. The van der Waals surface area contributed by atoms with Gasteiger partial charge in [-0.05, 0) is 61.9 Å². The van der Waals surface area contributed by atoms with Gasteiger partial charge in [-0.25, -0.2) is 13.4 Å². The number of sulfone groups is 1. The van der Waals surface area contributed by atoms with Crippen LogP contribution in [0.3, 0.4) is 0 Å². The van der Waals surface area contributed by atoms with Crippen LogP contribution in [-0.2, 0) is 27.8 Å². The van der Waals surface area contributed by atoms with Gasteiger partial charge in [-0.2, -0.15) is 0 Å². The molecule has 0 bridgehead atoms. The van der Waals surface area contributed by atoms with Crippen LogP contribution < -0.4 is 9.64 Å². The predicted octanol–water partition coefficient (Wildman–Crippen LogP) is 4.93. The van der Waals surface area contributed by atoms with Gasteiger partial charge in [0.1, 0.15) is 12.4 Å². The first-order valence-electron chi connectivity index (χ1n) is 13.9. The van der Waals surface area contributed by atoms with E-state index in [0.717, 1.165) is 58.3 Å². The molecule has 2 aliphatic rings. The number of rotatable bonds is 8. The largest absolute Gasteiger partial charge is 0.488 e. The number of anilines is 1. The third-order valence-electron chi connectivity index (χ3n) is 7.88. The summed E-state index contributed by atoms with van der Waals surface area (Å²) in [5.74, 6) is 0.276. The average molecular weight is 584 g/mol. The average Bonchev–Trinajstić information content (AvgIpc) is 3.27. The predicted molar refractivity (Wildman–Crippen MR) is 159 cm³/mol. The molecule has 0 radical (unpaired) electrons. The number of aliphatic carboxylic acids is 1. The summed E-state index contributed by atoms with van der Waals surface area (Å²) in [6, 6.07) is 12.5. The van der Waals surface area contributed by atoms with Crippen molar-refractivity contribution in [1.82, 2.24) is 9.88 Å². The smallest absolute Gasteiger partial charge is 0.306 e. The third-order valence-corrected chi connectivity index (χ3v) is 10.4. The van der Waals surface area contributed by atoms with Crippen molar-refractivity contribution in [3.63, 3.8) is 0 Å². The van der Waals surface area contributed by atoms with E-state index < -0.39 is 15.8 Å². The highest BCUT2D eigenvalue weighted by atomic mass is 32.2. The number of benzene rings is 2. The summed E-state index contributed by atoms with van der Waals surface area (Å²) in [5, 5.41) is 12.4. The molecule has 2 fully saturated rings. The van der Waals surface area contributed by atoms with Gasteiger partial charge in [0.2, 0.25) is 0 Å². The van der Waals surface area contributed by atoms with Crippen LogP contribution in [0.4, 0.5) is 5.13 Å². The molecule has 0 amide bonds. The topological polar surface area (TPSA) is 100 Å². The Bertz CT molecular complexity index is 1460. The lowest BCUT2D eigenvalue weighted by Gasteiger charge is -2.26. The Labute approximate surface area is 240 Å². The monoisotopic (exact) mass is 583 g/mol. The van der Waals surface area contributed by atoms with Gasteiger partial charge in [0.25, 0.3) is 0 Å². The van der Waals surface area contributed by atoms with Gasteiger partial charge >= 0.3 is 5.97 Å². The summed E-state index contributed by atoms with van der Waals surface area (Å²) in [4.78, 5) is 20.8. The molecule has 0 spiro atoms. The number of ether oxygens (including phenoxy) is 1. The van der Waals surface area contributed by atoms with Crippen LogP contribution in [-0.4, -0.2) is 67.1 Å². The molecule has 8 nitrogen and oxygen atoms in total. The maximum Gasteiger partial charge on any atom is 0.306 e. The zero-order chi connectivity index (χ0) is 28.3. The minimum atomic E-state index is -2.88. The SMILES string of the molecule is Cc1ccc(OCc2ccc(CN3CCS(=O)(=O)CC3)cc2C)c(-c2csc(N3CCCC(C(=O)O)CC3)n2)c1. The molecule has 0 aliphatic carbocycles. The molecule has 5 rings (SSSR count). The fourth-order valence-corrected chi connectivity index (χ4v) is 7.53. The third kappa shape index (κ3) is 7.03. The molecule has 2 saturated heterocycles. The zero-order valence-corrected chi connectivity index (χ0v) is 24.8. The number of carbonyl (C=O) groups is 1. The molecule has 40 heavy (non-hydrogen) atoms. The molecule has 10 heteroatoms. The Morgan fingerprint density at radius 2 is 1.88 bits per heavy atom. The standard InChI is InChI=1S/C30H37N3O5S2/c1-21-5-8-28(26(16-21)27-20-39-30(31-27)33-10-3-4-24(9-11-33)29(34)35)38-19-25-7-6-23(17-22(25)2)18-32-12-14-40(36,37)15-13-32/h5-8,16-17,20,24H,3-4,9-15,18-19H2,1-2H3,(H,34,35). The molecular formula is C30H37N3O5S2. The van der Waals surface area contributed by atoms with E-state index in [1.165, 1.54) is 5.56 Å². The van der Waals surface area contributed by atoms with E-state index in [-0.39, 0.29) is 17.4 Å². The molecule has 2 aliphatic heterocycles. The second-order valence-corrected chi connectivity index (χ2v) is 14.1. The number of aryl methyl sites for hydroxylation is 2. The number of aromatic nitrogens is 1. The summed E-state index contributed by atoms with van der Waals surface area (Å²) in [6.45, 7) is 8.02. The number of nitrogens with zero attached hydrogens (tertiary/aromatic N) is 3. The van der Waals surface area contributed by atoms with Gasteiger partial charge in [-0.1, -0.05) is 29.8 Å². The Hall–Kier alpha value is -2.95. The van der Waals surface area contributed by atoms with Crippen LogP contribution in [0, 0.1) is 19.8 Å². The normalized spacial score (nSPS) is 19.8. The van der Waals surface area contributed by atoms with E-state index in [2.05, 4.69) is 53.3 Å². The molecule has 3 aromatic rings. The van der Waals surface area contributed by atoms with E-state index in [1.54, 1.807) is 11.3 Å². The fraction of sp³-hybridized carbons (Fsp3) is 0.467. The summed E-state index contributed by atoms with van der Waals surface area (Å²) in [6.07, 6.45) is 2.20. The Morgan fingerprint density at radius 3 is 2.62 bits per heavy atom. The lowest BCUT2D eigenvalue weighted by molar-refractivity contribution is -0.142. The minimum Gasteiger partial charge on any atom is -0.488 e. The first-order chi connectivity index (χ1) is 19.2. The first-order valence-corrected chi connectivity index (χ1v) is 16.6. The molecule has 3 heterocycles. The molecule has 1 unspecified atom stereocenters. The highest BCUT2D eigenvalue weighted by Gasteiger charge is 2.24. The van der Waals surface area contributed by atoms with Gasteiger partial charge in [0.15, 0.2) is 15.0 Å². The van der Waals surface area contributed by atoms with Crippen molar-refractivity contribution in [2.24, 2.45) is 5.92 Å². The van der Waals surface area contributed by atoms with Crippen molar-refractivity contribution in [2.45, 2.75) is 46.3 Å².